The Balaban J connectivity index is 3.00. The number of carbonyl (C=O) groups is 1. The summed E-state index contributed by atoms with van der Waals surface area (Å²) in [6, 6.07) is 0. The molecule has 0 amide bonds. The zero-order chi connectivity index (χ0) is 10.1. The zero-order valence-electron chi connectivity index (χ0n) is 7.44. The van der Waals surface area contributed by atoms with Gasteiger partial charge in [0, 0.05) is 5.38 Å². The normalized spacial score (nSPS) is 11.6. The lowest BCUT2D eigenvalue weighted by molar-refractivity contribution is -0.142. The Bertz CT molecular complexity index is 319. The van der Waals surface area contributed by atoms with Crippen molar-refractivity contribution in [1.29, 1.82) is 0 Å². The number of aliphatic hydroxyl groups is 1. The topological polar surface area (TPSA) is 70.4 Å². The van der Waals surface area contributed by atoms with Crippen molar-refractivity contribution in [3.63, 3.8) is 0 Å². The van der Waals surface area contributed by atoms with Gasteiger partial charge in [-0.2, -0.15) is 0 Å². The smallest absolute Gasteiger partial charge is 0.316 e. The first-order valence-electron chi connectivity index (χ1n) is 3.77. The van der Waals surface area contributed by atoms with Crippen LogP contribution in [0.25, 0.3) is 0 Å². The molecule has 0 bridgehead atoms. The van der Waals surface area contributed by atoms with E-state index in [0.717, 1.165) is 0 Å². The number of aliphatic hydroxyl groups excluding tert-OH is 1. The summed E-state index contributed by atoms with van der Waals surface area (Å²) in [5.41, 5.74) is -0.452. The molecule has 0 aromatic carbocycles. The summed E-state index contributed by atoms with van der Waals surface area (Å²) in [6.07, 6.45) is 0. The summed E-state index contributed by atoms with van der Waals surface area (Å²) in [4.78, 5) is 14.8. The number of aliphatic carboxylic acids is 1. The van der Waals surface area contributed by atoms with Gasteiger partial charge in [0.05, 0.1) is 12.3 Å². The lowest BCUT2D eigenvalue weighted by Crippen LogP contribution is -2.28. The van der Waals surface area contributed by atoms with E-state index in [4.69, 9.17) is 10.2 Å². The fraction of sp³-hybridized carbons (Fsp3) is 0.500. The molecule has 0 saturated heterocycles. The maximum Gasteiger partial charge on any atom is 0.316 e. The number of carboxylic acids is 1. The molecule has 13 heavy (non-hydrogen) atoms. The van der Waals surface area contributed by atoms with E-state index in [-0.39, 0.29) is 6.61 Å². The summed E-state index contributed by atoms with van der Waals surface area (Å²) in [5.74, 6) is -0.911. The summed E-state index contributed by atoms with van der Waals surface area (Å²) in [7, 11) is 0. The van der Waals surface area contributed by atoms with Gasteiger partial charge in [-0.25, -0.2) is 4.98 Å². The number of thiazole rings is 1. The number of aromatic nitrogens is 1. The third kappa shape index (κ3) is 1.87. The molecular formula is C8H11NO3S. The van der Waals surface area contributed by atoms with Gasteiger partial charge in [0.1, 0.15) is 10.4 Å². The van der Waals surface area contributed by atoms with Crippen LogP contribution >= 0.6 is 11.3 Å². The third-order valence-electron chi connectivity index (χ3n) is 1.78. The summed E-state index contributed by atoms with van der Waals surface area (Å²) >= 11 is 1.26. The Labute approximate surface area is 79.9 Å². The summed E-state index contributed by atoms with van der Waals surface area (Å²) in [5, 5.41) is 19.8. The average Bonchev–Trinajstić information content (AvgIpc) is 2.51. The first-order valence-corrected chi connectivity index (χ1v) is 4.65. The zero-order valence-corrected chi connectivity index (χ0v) is 8.26. The van der Waals surface area contributed by atoms with E-state index in [2.05, 4.69) is 4.98 Å². The lowest BCUT2D eigenvalue weighted by atomic mass is 9.95. The van der Waals surface area contributed by atoms with Crippen LogP contribution < -0.4 is 0 Å². The minimum atomic E-state index is -0.974. The van der Waals surface area contributed by atoms with E-state index >= 15 is 0 Å². The van der Waals surface area contributed by atoms with Crippen LogP contribution in [0, 0.1) is 0 Å². The predicted molar refractivity (Wildman–Crippen MR) is 48.7 cm³/mol. The van der Waals surface area contributed by atoms with Gasteiger partial charge in [-0.15, -0.1) is 11.3 Å². The molecule has 1 rings (SSSR count). The molecule has 0 radical (unpaired) electrons. The highest BCUT2D eigenvalue weighted by Crippen LogP contribution is 2.26. The molecule has 1 aromatic rings. The number of hydrogen-bond donors (Lipinski definition) is 2. The van der Waals surface area contributed by atoms with Crippen molar-refractivity contribution in [2.75, 3.05) is 0 Å². The number of nitrogens with zero attached hydrogens (tertiary/aromatic N) is 1. The molecule has 0 spiro atoms. The molecule has 0 aliphatic carbocycles. The second-order valence-corrected chi connectivity index (χ2v) is 4.09. The third-order valence-corrected chi connectivity index (χ3v) is 3.00. The number of rotatable bonds is 3. The highest BCUT2D eigenvalue weighted by Gasteiger charge is 2.32. The fourth-order valence-electron chi connectivity index (χ4n) is 0.758. The highest BCUT2D eigenvalue weighted by atomic mass is 32.1. The van der Waals surface area contributed by atoms with Crippen LogP contribution in [-0.4, -0.2) is 21.2 Å². The van der Waals surface area contributed by atoms with Gasteiger partial charge in [-0.1, -0.05) is 0 Å². The molecule has 1 aromatic heterocycles. The maximum absolute atomic E-state index is 10.8. The van der Waals surface area contributed by atoms with Gasteiger partial charge < -0.3 is 10.2 Å². The van der Waals surface area contributed by atoms with Crippen molar-refractivity contribution in [2.45, 2.75) is 25.9 Å². The lowest BCUT2D eigenvalue weighted by Gasteiger charge is -2.14. The molecule has 1 heterocycles. The van der Waals surface area contributed by atoms with E-state index in [1.165, 1.54) is 11.3 Å². The highest BCUT2D eigenvalue weighted by molar-refractivity contribution is 7.10. The van der Waals surface area contributed by atoms with Gasteiger partial charge in [-0.3, -0.25) is 4.79 Å². The van der Waals surface area contributed by atoms with Gasteiger partial charge in [-0.05, 0) is 13.8 Å². The van der Waals surface area contributed by atoms with Crippen molar-refractivity contribution in [1.82, 2.24) is 4.98 Å². The van der Waals surface area contributed by atoms with E-state index in [1.807, 2.05) is 0 Å². The second kappa shape index (κ2) is 3.43. The Morgan fingerprint density at radius 1 is 1.69 bits per heavy atom. The van der Waals surface area contributed by atoms with Gasteiger partial charge in [0.2, 0.25) is 0 Å². The van der Waals surface area contributed by atoms with Crippen molar-refractivity contribution in [3.05, 3.63) is 16.1 Å². The predicted octanol–water partition coefficient (Wildman–Crippen LogP) is 0.998. The molecule has 72 valence electrons. The van der Waals surface area contributed by atoms with Gasteiger partial charge >= 0.3 is 5.97 Å². The van der Waals surface area contributed by atoms with Crippen molar-refractivity contribution < 1.29 is 15.0 Å². The van der Waals surface area contributed by atoms with Crippen molar-refractivity contribution >= 4 is 17.3 Å². The van der Waals surface area contributed by atoms with Crippen LogP contribution in [0.1, 0.15) is 24.5 Å². The van der Waals surface area contributed by atoms with Gasteiger partial charge in [0.25, 0.3) is 0 Å². The Kier molecular flexibility index (Phi) is 2.68. The summed E-state index contributed by atoms with van der Waals surface area (Å²) in [6.45, 7) is 3.04. The average molecular weight is 201 g/mol. The largest absolute Gasteiger partial charge is 0.481 e. The first kappa shape index (κ1) is 10.1. The van der Waals surface area contributed by atoms with Crippen LogP contribution in [-0.2, 0) is 16.8 Å². The monoisotopic (exact) mass is 201 g/mol. The van der Waals surface area contributed by atoms with Crippen LogP contribution in [0.15, 0.2) is 5.38 Å². The molecule has 5 heteroatoms. The Morgan fingerprint density at radius 2 is 2.31 bits per heavy atom. The first-order chi connectivity index (χ1) is 5.98. The van der Waals surface area contributed by atoms with Crippen LogP contribution in [0.4, 0.5) is 0 Å². The standard InChI is InChI=1S/C8H11NO3S/c1-8(2,7(11)12)6-9-5(3-10)4-13-6/h4,10H,3H2,1-2H3,(H,11,12). The molecule has 2 N–H and O–H groups in total. The summed E-state index contributed by atoms with van der Waals surface area (Å²) < 4.78 is 0. The molecule has 0 fully saturated rings. The molecule has 4 nitrogen and oxygen atoms in total. The minimum absolute atomic E-state index is 0.147. The molecule has 0 atom stereocenters. The van der Waals surface area contributed by atoms with Crippen LogP contribution in [0.5, 0.6) is 0 Å². The molecule has 0 saturated carbocycles. The fourth-order valence-corrected chi connectivity index (χ4v) is 1.68. The van der Waals surface area contributed by atoms with E-state index in [9.17, 15) is 4.79 Å². The Morgan fingerprint density at radius 3 is 2.69 bits per heavy atom. The SMILES string of the molecule is CC(C)(C(=O)O)c1nc(CO)cs1. The van der Waals surface area contributed by atoms with Gasteiger partial charge in [0.15, 0.2) is 0 Å². The maximum atomic E-state index is 10.8. The molecule has 0 aliphatic heterocycles. The van der Waals surface area contributed by atoms with E-state index in [1.54, 1.807) is 19.2 Å². The quantitative estimate of drug-likeness (QED) is 0.765. The number of hydrogen-bond acceptors (Lipinski definition) is 4. The van der Waals surface area contributed by atoms with Crippen LogP contribution in [0.2, 0.25) is 0 Å². The van der Waals surface area contributed by atoms with Crippen molar-refractivity contribution in [2.24, 2.45) is 0 Å². The Hall–Kier alpha value is -0.940. The second-order valence-electron chi connectivity index (χ2n) is 3.23. The molecule has 0 unspecified atom stereocenters. The number of carboxylic acid groups (broad SMARTS) is 1. The van der Waals surface area contributed by atoms with E-state index in [0.29, 0.717) is 10.7 Å². The minimum Gasteiger partial charge on any atom is -0.481 e. The molecular weight excluding hydrogens is 190 g/mol. The van der Waals surface area contributed by atoms with Crippen LogP contribution in [0.3, 0.4) is 0 Å². The van der Waals surface area contributed by atoms with E-state index < -0.39 is 11.4 Å². The van der Waals surface area contributed by atoms with Crippen molar-refractivity contribution in [3.8, 4) is 0 Å². The molecule has 0 aliphatic rings.